The predicted molar refractivity (Wildman–Crippen MR) is 61.6 cm³/mol. The molecule has 1 aliphatic heterocycles. The van der Waals surface area contributed by atoms with Crippen LogP contribution in [0.1, 0.15) is 26.7 Å². The van der Waals surface area contributed by atoms with Gasteiger partial charge in [-0.25, -0.2) is 0 Å². The van der Waals surface area contributed by atoms with Gasteiger partial charge in [0.1, 0.15) is 6.04 Å². The quantitative estimate of drug-likeness (QED) is 0.680. The molecular weight excluding hydrogens is 220 g/mol. The fourth-order valence-corrected chi connectivity index (χ4v) is 1.68. The number of primary amides is 1. The highest BCUT2D eigenvalue weighted by Crippen LogP contribution is 2.16. The Hall–Kier alpha value is -1.61. The molecule has 94 valence electrons. The van der Waals surface area contributed by atoms with Crippen molar-refractivity contribution in [2.45, 2.75) is 38.3 Å². The molecule has 2 amide bonds. The summed E-state index contributed by atoms with van der Waals surface area (Å²) in [6.07, 6.45) is 1.57. The summed E-state index contributed by atoms with van der Waals surface area (Å²) in [5.41, 5.74) is 4.27. The summed E-state index contributed by atoms with van der Waals surface area (Å²) in [6, 6.07) is 1.77. The Balaban J connectivity index is 2.51. The Morgan fingerprint density at radius 2 is 2.24 bits per heavy atom. The van der Waals surface area contributed by atoms with Crippen LogP contribution in [0.2, 0.25) is 0 Å². The highest BCUT2D eigenvalue weighted by molar-refractivity contribution is 5.85. The van der Waals surface area contributed by atoms with Gasteiger partial charge < -0.3 is 10.6 Å². The first kappa shape index (κ1) is 13.5. The van der Waals surface area contributed by atoms with E-state index in [1.54, 1.807) is 18.7 Å². The van der Waals surface area contributed by atoms with Gasteiger partial charge in [0.25, 0.3) is 0 Å². The summed E-state index contributed by atoms with van der Waals surface area (Å²) < 4.78 is 0. The summed E-state index contributed by atoms with van der Waals surface area (Å²) in [7, 11) is 0. The molecule has 0 aromatic rings. The summed E-state index contributed by atoms with van der Waals surface area (Å²) in [4.78, 5) is 24.4. The van der Waals surface area contributed by atoms with E-state index in [1.807, 2.05) is 0 Å². The number of carbonyl (C=O) groups is 2. The van der Waals surface area contributed by atoms with Crippen LogP contribution >= 0.6 is 0 Å². The van der Waals surface area contributed by atoms with E-state index in [9.17, 15) is 9.59 Å². The van der Waals surface area contributed by atoms with Crippen molar-refractivity contribution in [3.8, 4) is 6.07 Å². The van der Waals surface area contributed by atoms with Gasteiger partial charge in [0.15, 0.2) is 0 Å². The normalized spacial score (nSPS) is 20.1. The second-order valence-electron chi connectivity index (χ2n) is 4.72. The molecule has 0 bridgehead atoms. The van der Waals surface area contributed by atoms with Gasteiger partial charge in [0, 0.05) is 6.54 Å². The lowest BCUT2D eigenvalue weighted by atomic mass is 10.1. The van der Waals surface area contributed by atoms with E-state index in [4.69, 9.17) is 11.0 Å². The third kappa shape index (κ3) is 3.17. The van der Waals surface area contributed by atoms with Gasteiger partial charge in [0.2, 0.25) is 11.8 Å². The van der Waals surface area contributed by atoms with Crippen LogP contribution in [-0.2, 0) is 9.59 Å². The highest BCUT2D eigenvalue weighted by Gasteiger charge is 2.30. The molecule has 6 nitrogen and oxygen atoms in total. The number of nitrogens with two attached hydrogens (primary N) is 1. The standard InChI is InChI=1S/C11H18N4O2/c1-11(2,10(13)17)14-7-9(16)15-5-3-4-8(15)6-12/h8,14H,3-5,7H2,1-2H3,(H2,13,17). The van der Waals surface area contributed by atoms with E-state index in [1.165, 1.54) is 0 Å². The van der Waals surface area contributed by atoms with Crippen LogP contribution in [0.3, 0.4) is 0 Å². The molecule has 1 rings (SSSR count). The van der Waals surface area contributed by atoms with Gasteiger partial charge in [0.05, 0.1) is 18.2 Å². The summed E-state index contributed by atoms with van der Waals surface area (Å²) >= 11 is 0. The maximum atomic E-state index is 11.8. The monoisotopic (exact) mass is 238 g/mol. The van der Waals surface area contributed by atoms with E-state index < -0.39 is 11.4 Å². The number of nitrogens with one attached hydrogen (secondary N) is 1. The molecule has 0 saturated carbocycles. The molecular formula is C11H18N4O2. The van der Waals surface area contributed by atoms with Crippen molar-refractivity contribution in [3.63, 3.8) is 0 Å². The highest BCUT2D eigenvalue weighted by atomic mass is 16.2. The predicted octanol–water partition coefficient (Wildman–Crippen LogP) is -0.646. The smallest absolute Gasteiger partial charge is 0.237 e. The minimum Gasteiger partial charge on any atom is -0.368 e. The number of rotatable bonds is 4. The van der Waals surface area contributed by atoms with Gasteiger partial charge in [-0.15, -0.1) is 0 Å². The van der Waals surface area contributed by atoms with Crippen LogP contribution in [0.4, 0.5) is 0 Å². The topological polar surface area (TPSA) is 99.2 Å². The summed E-state index contributed by atoms with van der Waals surface area (Å²) in [6.45, 7) is 3.87. The molecule has 0 aliphatic carbocycles. The Kier molecular flexibility index (Phi) is 4.07. The Morgan fingerprint density at radius 1 is 1.59 bits per heavy atom. The van der Waals surface area contributed by atoms with E-state index >= 15 is 0 Å². The minimum atomic E-state index is -0.919. The number of carbonyl (C=O) groups excluding carboxylic acids is 2. The van der Waals surface area contributed by atoms with E-state index in [0.717, 1.165) is 12.8 Å². The number of nitriles is 1. The number of amides is 2. The van der Waals surface area contributed by atoms with Crippen LogP contribution in [0.25, 0.3) is 0 Å². The third-order valence-corrected chi connectivity index (χ3v) is 3.02. The lowest BCUT2D eigenvalue weighted by molar-refractivity contribution is -0.131. The molecule has 0 aromatic heterocycles. The average Bonchev–Trinajstić information content (AvgIpc) is 2.73. The second-order valence-corrected chi connectivity index (χ2v) is 4.72. The van der Waals surface area contributed by atoms with Gasteiger partial charge in [-0.05, 0) is 26.7 Å². The second kappa shape index (κ2) is 5.15. The molecule has 1 atom stereocenters. The summed E-state index contributed by atoms with van der Waals surface area (Å²) in [5, 5.41) is 11.7. The van der Waals surface area contributed by atoms with Gasteiger partial charge in [-0.1, -0.05) is 0 Å². The van der Waals surface area contributed by atoms with Crippen molar-refractivity contribution in [1.82, 2.24) is 10.2 Å². The van der Waals surface area contributed by atoms with Crippen LogP contribution in [-0.4, -0.2) is 41.4 Å². The zero-order valence-corrected chi connectivity index (χ0v) is 10.2. The number of likely N-dealkylation sites (tertiary alicyclic amines) is 1. The lowest BCUT2D eigenvalue weighted by Gasteiger charge is -2.25. The van der Waals surface area contributed by atoms with Crippen molar-refractivity contribution >= 4 is 11.8 Å². The maximum Gasteiger partial charge on any atom is 0.237 e. The van der Waals surface area contributed by atoms with Crippen LogP contribution in [0.5, 0.6) is 0 Å². The third-order valence-electron chi connectivity index (χ3n) is 3.02. The summed E-state index contributed by atoms with van der Waals surface area (Å²) in [5.74, 6) is -0.674. The molecule has 0 radical (unpaired) electrons. The van der Waals surface area contributed by atoms with Crippen molar-refractivity contribution in [1.29, 1.82) is 5.26 Å². The number of nitrogens with zero attached hydrogens (tertiary/aromatic N) is 2. The minimum absolute atomic E-state index is 0.0219. The molecule has 3 N–H and O–H groups in total. The van der Waals surface area contributed by atoms with Crippen LogP contribution in [0, 0.1) is 11.3 Å². The number of hydrogen-bond donors (Lipinski definition) is 2. The first-order chi connectivity index (χ1) is 7.88. The molecule has 1 aliphatic rings. The number of hydrogen-bond acceptors (Lipinski definition) is 4. The molecule has 1 unspecified atom stereocenters. The van der Waals surface area contributed by atoms with Gasteiger partial charge >= 0.3 is 0 Å². The van der Waals surface area contributed by atoms with Crippen LogP contribution in [0.15, 0.2) is 0 Å². The fourth-order valence-electron chi connectivity index (χ4n) is 1.68. The van der Waals surface area contributed by atoms with Gasteiger partial charge in [-0.2, -0.15) is 5.26 Å². The van der Waals surface area contributed by atoms with Gasteiger partial charge in [-0.3, -0.25) is 14.9 Å². The fraction of sp³-hybridized carbons (Fsp3) is 0.727. The van der Waals surface area contributed by atoms with Crippen molar-refractivity contribution in [2.24, 2.45) is 5.73 Å². The van der Waals surface area contributed by atoms with E-state index in [2.05, 4.69) is 11.4 Å². The lowest BCUT2D eigenvalue weighted by Crippen LogP contribution is -2.54. The first-order valence-corrected chi connectivity index (χ1v) is 5.62. The average molecular weight is 238 g/mol. The van der Waals surface area contributed by atoms with E-state index in [0.29, 0.717) is 6.54 Å². The molecule has 0 aromatic carbocycles. The van der Waals surface area contributed by atoms with E-state index in [-0.39, 0.29) is 18.5 Å². The molecule has 1 fully saturated rings. The maximum absolute atomic E-state index is 11.8. The Labute approximate surface area is 101 Å². The zero-order valence-electron chi connectivity index (χ0n) is 10.2. The van der Waals surface area contributed by atoms with Crippen molar-refractivity contribution in [3.05, 3.63) is 0 Å². The molecule has 6 heteroatoms. The largest absolute Gasteiger partial charge is 0.368 e. The molecule has 1 saturated heterocycles. The first-order valence-electron chi connectivity index (χ1n) is 5.62. The Bertz CT molecular complexity index is 359. The molecule has 0 spiro atoms. The van der Waals surface area contributed by atoms with Crippen LogP contribution < -0.4 is 11.1 Å². The zero-order chi connectivity index (χ0) is 13.1. The van der Waals surface area contributed by atoms with Crippen molar-refractivity contribution in [2.75, 3.05) is 13.1 Å². The molecule has 17 heavy (non-hydrogen) atoms. The SMILES string of the molecule is CC(C)(NCC(=O)N1CCCC1C#N)C(N)=O. The van der Waals surface area contributed by atoms with Crippen molar-refractivity contribution < 1.29 is 9.59 Å². The molecule has 1 heterocycles. The Morgan fingerprint density at radius 3 is 2.76 bits per heavy atom.